The molecule has 1 aromatic rings. The lowest BCUT2D eigenvalue weighted by atomic mass is 10.1. The molecule has 0 aliphatic carbocycles. The number of hydrogen-bond acceptors (Lipinski definition) is 3. The Morgan fingerprint density at radius 2 is 1.80 bits per heavy atom. The Labute approximate surface area is 123 Å². The molecular weight excluding hydrogens is 272 g/mol. The Hall–Kier alpha value is -0.910. The third-order valence-corrected chi connectivity index (χ3v) is 4.88. The predicted octanol–water partition coefficient (Wildman–Crippen LogP) is 2.31. The van der Waals surface area contributed by atoms with Crippen LogP contribution in [0.2, 0.25) is 0 Å². The lowest BCUT2D eigenvalue weighted by Gasteiger charge is -2.12. The van der Waals surface area contributed by atoms with E-state index in [1.54, 1.807) is 12.1 Å². The van der Waals surface area contributed by atoms with E-state index in [4.69, 9.17) is 0 Å². The van der Waals surface area contributed by atoms with Crippen molar-refractivity contribution in [3.63, 3.8) is 0 Å². The quantitative estimate of drug-likeness (QED) is 0.688. The molecule has 0 bridgehead atoms. The van der Waals surface area contributed by atoms with Crippen molar-refractivity contribution in [2.24, 2.45) is 0 Å². The van der Waals surface area contributed by atoms with Gasteiger partial charge in [0.2, 0.25) is 10.0 Å². The minimum absolute atomic E-state index is 0.0419. The van der Waals surface area contributed by atoms with Gasteiger partial charge in [-0.2, -0.15) is 0 Å². The molecule has 2 N–H and O–H groups in total. The van der Waals surface area contributed by atoms with Crippen LogP contribution in [0.15, 0.2) is 29.2 Å². The van der Waals surface area contributed by atoms with Crippen molar-refractivity contribution >= 4 is 10.0 Å². The molecule has 0 saturated carbocycles. The van der Waals surface area contributed by atoms with E-state index in [0.717, 1.165) is 32.4 Å². The molecule has 1 rings (SSSR count). The fourth-order valence-corrected chi connectivity index (χ4v) is 3.17. The van der Waals surface area contributed by atoms with Crippen LogP contribution in [0.25, 0.3) is 0 Å². The van der Waals surface area contributed by atoms with Gasteiger partial charge in [0.05, 0.1) is 4.90 Å². The third-order valence-electron chi connectivity index (χ3n) is 3.27. The van der Waals surface area contributed by atoms with E-state index < -0.39 is 10.0 Å². The van der Waals surface area contributed by atoms with Crippen LogP contribution in [-0.4, -0.2) is 27.5 Å². The summed E-state index contributed by atoms with van der Waals surface area (Å²) in [6.07, 6.45) is 2.80. The number of rotatable bonds is 9. The van der Waals surface area contributed by atoms with E-state index in [-0.39, 0.29) is 6.04 Å². The average molecular weight is 298 g/mol. The van der Waals surface area contributed by atoms with E-state index >= 15 is 0 Å². The highest BCUT2D eigenvalue weighted by atomic mass is 32.2. The van der Waals surface area contributed by atoms with Gasteiger partial charge in [-0.15, -0.1) is 0 Å². The molecule has 0 radical (unpaired) electrons. The smallest absolute Gasteiger partial charge is 0.240 e. The van der Waals surface area contributed by atoms with Gasteiger partial charge in [0.25, 0.3) is 0 Å². The molecule has 0 fully saturated rings. The number of hydrogen-bond donors (Lipinski definition) is 2. The van der Waals surface area contributed by atoms with Crippen molar-refractivity contribution < 1.29 is 8.42 Å². The summed E-state index contributed by atoms with van der Waals surface area (Å²) in [5.74, 6) is 0. The molecule has 5 heteroatoms. The van der Waals surface area contributed by atoms with E-state index in [1.807, 2.05) is 26.0 Å². The van der Waals surface area contributed by atoms with Gasteiger partial charge in [0.15, 0.2) is 0 Å². The Morgan fingerprint density at radius 1 is 1.15 bits per heavy atom. The van der Waals surface area contributed by atoms with Crippen LogP contribution in [0, 0.1) is 0 Å². The minimum Gasteiger partial charge on any atom is -0.317 e. The number of sulfonamides is 1. The van der Waals surface area contributed by atoms with Crippen LogP contribution in [0.3, 0.4) is 0 Å². The molecule has 4 nitrogen and oxygen atoms in total. The highest BCUT2D eigenvalue weighted by molar-refractivity contribution is 7.89. The van der Waals surface area contributed by atoms with Crippen molar-refractivity contribution in [2.75, 3.05) is 13.1 Å². The second-order valence-corrected chi connectivity index (χ2v) is 6.75. The SMILES string of the molecule is CCNCCCc1ccc(S(=O)(=O)NC(C)CC)cc1. The van der Waals surface area contributed by atoms with Crippen LogP contribution in [0.5, 0.6) is 0 Å². The average Bonchev–Trinajstić information content (AvgIpc) is 2.43. The molecule has 1 atom stereocenters. The summed E-state index contributed by atoms with van der Waals surface area (Å²) in [7, 11) is -3.38. The molecule has 0 aliphatic rings. The molecule has 0 aromatic heterocycles. The van der Waals surface area contributed by atoms with Crippen LogP contribution in [0.4, 0.5) is 0 Å². The molecule has 1 aromatic carbocycles. The van der Waals surface area contributed by atoms with Crippen LogP contribution in [-0.2, 0) is 16.4 Å². The van der Waals surface area contributed by atoms with Gasteiger partial charge < -0.3 is 5.32 Å². The predicted molar refractivity (Wildman–Crippen MR) is 83.4 cm³/mol. The number of benzene rings is 1. The zero-order valence-corrected chi connectivity index (χ0v) is 13.5. The summed E-state index contributed by atoms with van der Waals surface area (Å²) in [6.45, 7) is 7.89. The van der Waals surface area contributed by atoms with Gasteiger partial charge in [0, 0.05) is 6.04 Å². The third kappa shape index (κ3) is 5.61. The highest BCUT2D eigenvalue weighted by Gasteiger charge is 2.15. The first-order chi connectivity index (χ1) is 9.49. The van der Waals surface area contributed by atoms with Gasteiger partial charge in [0.1, 0.15) is 0 Å². The first-order valence-corrected chi connectivity index (χ1v) is 8.80. The summed E-state index contributed by atoms with van der Waals surface area (Å²) in [5, 5.41) is 3.28. The van der Waals surface area contributed by atoms with E-state index in [9.17, 15) is 8.42 Å². The van der Waals surface area contributed by atoms with Crippen LogP contribution >= 0.6 is 0 Å². The van der Waals surface area contributed by atoms with Gasteiger partial charge in [-0.25, -0.2) is 13.1 Å². The minimum atomic E-state index is -3.38. The van der Waals surface area contributed by atoms with Gasteiger partial charge in [-0.05, 0) is 57.0 Å². The molecule has 0 spiro atoms. The zero-order chi connectivity index (χ0) is 15.0. The van der Waals surface area contributed by atoms with Crippen molar-refractivity contribution in [1.82, 2.24) is 10.0 Å². The monoisotopic (exact) mass is 298 g/mol. The first-order valence-electron chi connectivity index (χ1n) is 7.31. The molecule has 0 saturated heterocycles. The highest BCUT2D eigenvalue weighted by Crippen LogP contribution is 2.12. The molecule has 0 aliphatic heterocycles. The fourth-order valence-electron chi connectivity index (χ4n) is 1.85. The normalized spacial score (nSPS) is 13.3. The Balaban J connectivity index is 2.61. The van der Waals surface area contributed by atoms with E-state index in [1.165, 1.54) is 5.56 Å². The fraction of sp³-hybridized carbons (Fsp3) is 0.600. The standard InChI is InChI=1S/C15H26N2O2S/c1-4-13(3)17-20(18,19)15-10-8-14(9-11-15)7-6-12-16-5-2/h8-11,13,16-17H,4-7,12H2,1-3H3. The zero-order valence-electron chi connectivity index (χ0n) is 12.6. The summed E-state index contributed by atoms with van der Waals surface area (Å²) in [5.41, 5.74) is 1.17. The number of aryl methyl sites for hydroxylation is 1. The maximum atomic E-state index is 12.1. The Bertz CT molecular complexity index is 483. The Kier molecular flexibility index (Phi) is 7.19. The Morgan fingerprint density at radius 3 is 2.35 bits per heavy atom. The molecular formula is C15H26N2O2S. The summed E-state index contributed by atoms with van der Waals surface area (Å²) < 4.78 is 26.8. The van der Waals surface area contributed by atoms with E-state index in [0.29, 0.717) is 4.90 Å². The summed E-state index contributed by atoms with van der Waals surface area (Å²) >= 11 is 0. The molecule has 0 heterocycles. The van der Waals surface area contributed by atoms with Crippen molar-refractivity contribution in [1.29, 1.82) is 0 Å². The van der Waals surface area contributed by atoms with Crippen molar-refractivity contribution in [3.8, 4) is 0 Å². The van der Waals surface area contributed by atoms with Gasteiger partial charge in [-0.3, -0.25) is 0 Å². The van der Waals surface area contributed by atoms with Crippen molar-refractivity contribution in [2.45, 2.75) is 51.0 Å². The molecule has 114 valence electrons. The molecule has 1 unspecified atom stereocenters. The first kappa shape index (κ1) is 17.1. The largest absolute Gasteiger partial charge is 0.317 e. The lowest BCUT2D eigenvalue weighted by Crippen LogP contribution is -2.31. The maximum Gasteiger partial charge on any atom is 0.240 e. The van der Waals surface area contributed by atoms with E-state index in [2.05, 4.69) is 17.0 Å². The maximum absolute atomic E-state index is 12.1. The summed E-state index contributed by atoms with van der Waals surface area (Å²) in [6, 6.07) is 7.13. The van der Waals surface area contributed by atoms with Gasteiger partial charge >= 0.3 is 0 Å². The second-order valence-electron chi connectivity index (χ2n) is 5.03. The molecule has 0 amide bonds. The summed E-state index contributed by atoms with van der Waals surface area (Å²) in [4.78, 5) is 0.341. The van der Waals surface area contributed by atoms with Crippen molar-refractivity contribution in [3.05, 3.63) is 29.8 Å². The van der Waals surface area contributed by atoms with Crippen LogP contribution < -0.4 is 10.0 Å². The van der Waals surface area contributed by atoms with Gasteiger partial charge in [-0.1, -0.05) is 26.0 Å². The van der Waals surface area contributed by atoms with Crippen LogP contribution in [0.1, 0.15) is 39.2 Å². The topological polar surface area (TPSA) is 58.2 Å². The second kappa shape index (κ2) is 8.39. The lowest BCUT2D eigenvalue weighted by molar-refractivity contribution is 0.556. The molecule has 20 heavy (non-hydrogen) atoms. The number of nitrogens with one attached hydrogen (secondary N) is 2.